The molecule has 1 aromatic heterocycles. The molecule has 21 heavy (non-hydrogen) atoms. The molecule has 2 N–H and O–H groups in total. The lowest BCUT2D eigenvalue weighted by atomic mass is 9.49. The number of aromatic carboxylic acids is 1. The van der Waals surface area contributed by atoms with Crippen LogP contribution in [0.5, 0.6) is 0 Å². The zero-order valence-electron chi connectivity index (χ0n) is 11.8. The number of thiophene rings is 1. The van der Waals surface area contributed by atoms with Crippen molar-refractivity contribution in [3.8, 4) is 0 Å². The molecule has 0 atom stereocenters. The summed E-state index contributed by atoms with van der Waals surface area (Å²) in [7, 11) is 0. The molecule has 5 heteroatoms. The standard InChI is InChI=1S/C16H19NO3S/c18-14(19)12-1-2-21-13(12)17-15(20)16-6-9-3-10(7-16)5-11(4-9)8-16/h1-2,9-11H,3-8H2,(H,17,20)(H,18,19). The summed E-state index contributed by atoms with van der Waals surface area (Å²) in [5.74, 6) is 1.22. The fourth-order valence-electron chi connectivity index (χ4n) is 5.20. The van der Waals surface area contributed by atoms with Crippen molar-refractivity contribution in [3.63, 3.8) is 0 Å². The molecule has 1 amide bonds. The Balaban J connectivity index is 1.57. The highest BCUT2D eigenvalue weighted by Gasteiger charge is 2.54. The molecule has 0 spiro atoms. The molecule has 4 nitrogen and oxygen atoms in total. The van der Waals surface area contributed by atoms with Crippen molar-refractivity contribution in [2.24, 2.45) is 23.2 Å². The smallest absolute Gasteiger partial charge is 0.338 e. The number of carboxylic acid groups (broad SMARTS) is 1. The summed E-state index contributed by atoms with van der Waals surface area (Å²) in [5.41, 5.74) is -0.0211. The Morgan fingerprint density at radius 2 is 1.71 bits per heavy atom. The summed E-state index contributed by atoms with van der Waals surface area (Å²) in [6, 6.07) is 1.56. The van der Waals surface area contributed by atoms with Gasteiger partial charge in [0.05, 0.1) is 11.0 Å². The van der Waals surface area contributed by atoms with Crippen molar-refractivity contribution >= 4 is 28.2 Å². The van der Waals surface area contributed by atoms with Gasteiger partial charge in [-0.3, -0.25) is 4.79 Å². The van der Waals surface area contributed by atoms with E-state index in [1.54, 1.807) is 11.4 Å². The van der Waals surface area contributed by atoms with Crippen LogP contribution >= 0.6 is 11.3 Å². The molecule has 0 unspecified atom stereocenters. The molecule has 4 fully saturated rings. The van der Waals surface area contributed by atoms with E-state index in [0.29, 0.717) is 22.8 Å². The number of carbonyl (C=O) groups is 2. The number of amides is 1. The third-order valence-corrected chi connectivity index (χ3v) is 6.47. The molecule has 4 aliphatic rings. The number of hydrogen-bond donors (Lipinski definition) is 2. The fourth-order valence-corrected chi connectivity index (χ4v) is 5.97. The predicted octanol–water partition coefficient (Wildman–Crippen LogP) is 3.60. The maximum atomic E-state index is 12.8. The van der Waals surface area contributed by atoms with Crippen LogP contribution in [0.3, 0.4) is 0 Å². The molecule has 112 valence electrons. The zero-order chi connectivity index (χ0) is 14.6. The summed E-state index contributed by atoms with van der Waals surface area (Å²) < 4.78 is 0. The molecule has 4 aliphatic carbocycles. The minimum absolute atomic E-state index is 0.0616. The summed E-state index contributed by atoms with van der Waals surface area (Å²) in [6.07, 6.45) is 6.89. The van der Waals surface area contributed by atoms with Gasteiger partial charge in [-0.25, -0.2) is 4.79 Å². The van der Waals surface area contributed by atoms with E-state index >= 15 is 0 Å². The van der Waals surface area contributed by atoms with Gasteiger partial charge in [0.2, 0.25) is 5.91 Å². The Kier molecular flexibility index (Phi) is 2.89. The van der Waals surface area contributed by atoms with Crippen LogP contribution in [0.25, 0.3) is 0 Å². The topological polar surface area (TPSA) is 66.4 Å². The summed E-state index contributed by atoms with van der Waals surface area (Å²) in [5, 5.41) is 14.3. The molecule has 0 aromatic carbocycles. The lowest BCUT2D eigenvalue weighted by Crippen LogP contribution is -2.51. The van der Waals surface area contributed by atoms with Crippen LogP contribution in [-0.4, -0.2) is 17.0 Å². The molecule has 5 rings (SSSR count). The van der Waals surface area contributed by atoms with E-state index in [0.717, 1.165) is 19.3 Å². The summed E-state index contributed by atoms with van der Waals surface area (Å²) in [4.78, 5) is 24.0. The molecule has 4 saturated carbocycles. The van der Waals surface area contributed by atoms with Crippen molar-refractivity contribution < 1.29 is 14.7 Å². The van der Waals surface area contributed by atoms with E-state index in [4.69, 9.17) is 5.11 Å². The first kappa shape index (κ1) is 13.3. The van der Waals surface area contributed by atoms with Crippen molar-refractivity contribution in [2.45, 2.75) is 38.5 Å². The molecule has 1 aromatic rings. The van der Waals surface area contributed by atoms with Gasteiger partial charge in [-0.15, -0.1) is 11.3 Å². The van der Waals surface area contributed by atoms with E-state index < -0.39 is 5.97 Å². The molecule has 0 aliphatic heterocycles. The van der Waals surface area contributed by atoms with Crippen molar-refractivity contribution in [2.75, 3.05) is 5.32 Å². The Morgan fingerprint density at radius 1 is 1.14 bits per heavy atom. The number of hydrogen-bond acceptors (Lipinski definition) is 3. The highest BCUT2D eigenvalue weighted by molar-refractivity contribution is 7.14. The highest BCUT2D eigenvalue weighted by atomic mass is 32.1. The monoisotopic (exact) mass is 305 g/mol. The quantitative estimate of drug-likeness (QED) is 0.896. The average molecular weight is 305 g/mol. The minimum atomic E-state index is -0.975. The molecule has 0 radical (unpaired) electrons. The van der Waals surface area contributed by atoms with Gasteiger partial charge in [-0.05, 0) is 67.7 Å². The van der Waals surface area contributed by atoms with E-state index in [1.807, 2.05) is 0 Å². The second kappa shape index (κ2) is 4.57. The number of carbonyl (C=O) groups excluding carboxylic acids is 1. The Labute approximate surface area is 127 Å². The van der Waals surface area contributed by atoms with Gasteiger partial charge < -0.3 is 10.4 Å². The summed E-state index contributed by atoms with van der Waals surface area (Å²) >= 11 is 1.30. The first-order chi connectivity index (χ1) is 10.1. The van der Waals surface area contributed by atoms with E-state index in [9.17, 15) is 9.59 Å². The number of anilines is 1. The number of nitrogens with one attached hydrogen (secondary N) is 1. The molecular formula is C16H19NO3S. The van der Waals surface area contributed by atoms with E-state index in [-0.39, 0.29) is 16.9 Å². The van der Waals surface area contributed by atoms with Gasteiger partial charge in [0.15, 0.2) is 0 Å². The van der Waals surface area contributed by atoms with Crippen LogP contribution < -0.4 is 5.32 Å². The lowest BCUT2D eigenvalue weighted by molar-refractivity contribution is -0.140. The number of rotatable bonds is 3. The lowest BCUT2D eigenvalue weighted by Gasteiger charge is -2.55. The third-order valence-electron chi connectivity index (χ3n) is 5.64. The van der Waals surface area contributed by atoms with Gasteiger partial charge >= 0.3 is 5.97 Å². The fraction of sp³-hybridized carbons (Fsp3) is 0.625. The van der Waals surface area contributed by atoms with Crippen LogP contribution in [0.15, 0.2) is 11.4 Å². The normalized spacial score (nSPS) is 36.7. The largest absolute Gasteiger partial charge is 0.478 e. The highest BCUT2D eigenvalue weighted by Crippen LogP contribution is 2.60. The molecule has 0 saturated heterocycles. The SMILES string of the molecule is O=C(O)c1ccsc1NC(=O)C12CC3CC(CC(C3)C1)C2. The van der Waals surface area contributed by atoms with E-state index in [2.05, 4.69) is 5.32 Å². The minimum Gasteiger partial charge on any atom is -0.478 e. The van der Waals surface area contributed by atoms with Crippen molar-refractivity contribution in [1.82, 2.24) is 0 Å². The van der Waals surface area contributed by atoms with Crippen molar-refractivity contribution in [3.05, 3.63) is 17.0 Å². The van der Waals surface area contributed by atoms with Crippen LogP contribution in [0, 0.1) is 23.2 Å². The van der Waals surface area contributed by atoms with Gasteiger partial charge in [0.25, 0.3) is 0 Å². The van der Waals surface area contributed by atoms with Crippen LogP contribution in [0.1, 0.15) is 48.9 Å². The van der Waals surface area contributed by atoms with Gasteiger partial charge in [-0.2, -0.15) is 0 Å². The van der Waals surface area contributed by atoms with Gasteiger partial charge in [0, 0.05) is 0 Å². The average Bonchev–Trinajstić information content (AvgIpc) is 2.85. The third kappa shape index (κ3) is 2.09. The first-order valence-corrected chi connectivity index (χ1v) is 8.56. The first-order valence-electron chi connectivity index (χ1n) is 7.68. The van der Waals surface area contributed by atoms with Crippen LogP contribution in [0.4, 0.5) is 5.00 Å². The maximum Gasteiger partial charge on any atom is 0.338 e. The molecular weight excluding hydrogens is 286 g/mol. The Bertz CT molecular complexity index is 571. The van der Waals surface area contributed by atoms with Gasteiger partial charge in [-0.1, -0.05) is 0 Å². The van der Waals surface area contributed by atoms with Crippen LogP contribution in [-0.2, 0) is 4.79 Å². The Morgan fingerprint density at radius 3 is 2.24 bits per heavy atom. The summed E-state index contributed by atoms with van der Waals surface area (Å²) in [6.45, 7) is 0. The van der Waals surface area contributed by atoms with Gasteiger partial charge in [0.1, 0.15) is 5.00 Å². The molecule has 1 heterocycles. The number of carboxylic acids is 1. The zero-order valence-corrected chi connectivity index (χ0v) is 12.6. The Hall–Kier alpha value is -1.36. The van der Waals surface area contributed by atoms with E-state index in [1.165, 1.54) is 30.6 Å². The second-order valence-corrected chi connectivity index (χ2v) is 8.04. The molecule has 4 bridgehead atoms. The maximum absolute atomic E-state index is 12.8. The second-order valence-electron chi connectivity index (χ2n) is 7.12. The van der Waals surface area contributed by atoms with Crippen molar-refractivity contribution in [1.29, 1.82) is 0 Å². The predicted molar refractivity (Wildman–Crippen MR) is 80.5 cm³/mol. The van der Waals surface area contributed by atoms with Crippen LogP contribution in [0.2, 0.25) is 0 Å².